The number of nitrogens with zero attached hydrogens (tertiary/aromatic N) is 1. The summed E-state index contributed by atoms with van der Waals surface area (Å²) in [5.41, 5.74) is 6.19. The zero-order valence-corrected chi connectivity index (χ0v) is 11.3. The van der Waals surface area contributed by atoms with Gasteiger partial charge in [-0.2, -0.15) is 0 Å². The minimum atomic E-state index is -0.488. The van der Waals surface area contributed by atoms with E-state index >= 15 is 0 Å². The van der Waals surface area contributed by atoms with Crippen LogP contribution in [0.5, 0.6) is 0 Å². The summed E-state index contributed by atoms with van der Waals surface area (Å²) in [6, 6.07) is 9.58. The summed E-state index contributed by atoms with van der Waals surface area (Å²) in [7, 11) is 1.84. The van der Waals surface area contributed by atoms with E-state index in [1.807, 2.05) is 37.4 Å². The largest absolute Gasteiger partial charge is 0.368 e. The number of rotatable bonds is 8. The number of nitrogens with two attached hydrogens (primary N) is 1. The molecule has 0 aliphatic heterocycles. The molecule has 0 heterocycles. The predicted molar refractivity (Wildman–Crippen MR) is 74.2 cm³/mol. The van der Waals surface area contributed by atoms with Gasteiger partial charge in [-0.1, -0.05) is 30.3 Å². The van der Waals surface area contributed by atoms with E-state index in [0.29, 0.717) is 13.0 Å². The van der Waals surface area contributed by atoms with E-state index in [-0.39, 0.29) is 12.5 Å². The van der Waals surface area contributed by atoms with Gasteiger partial charge < -0.3 is 16.0 Å². The third-order valence-electron chi connectivity index (χ3n) is 2.73. The molecular weight excluding hydrogens is 242 g/mol. The van der Waals surface area contributed by atoms with Crippen molar-refractivity contribution in [2.75, 3.05) is 20.1 Å². The molecule has 1 rings (SSSR count). The molecule has 3 N–H and O–H groups in total. The van der Waals surface area contributed by atoms with Crippen LogP contribution in [0.3, 0.4) is 0 Å². The Morgan fingerprint density at radius 1 is 1.26 bits per heavy atom. The fourth-order valence-corrected chi connectivity index (χ4v) is 1.80. The Labute approximate surface area is 113 Å². The third kappa shape index (κ3) is 6.01. The molecule has 0 saturated carbocycles. The van der Waals surface area contributed by atoms with Gasteiger partial charge in [-0.25, -0.2) is 0 Å². The van der Waals surface area contributed by atoms with Gasteiger partial charge in [0.25, 0.3) is 0 Å². The van der Waals surface area contributed by atoms with Crippen LogP contribution < -0.4 is 11.1 Å². The molecule has 5 heteroatoms. The molecule has 0 unspecified atom stereocenters. The van der Waals surface area contributed by atoms with Crippen LogP contribution in [0.25, 0.3) is 0 Å². The van der Waals surface area contributed by atoms with Crippen molar-refractivity contribution in [3.8, 4) is 0 Å². The Kier molecular flexibility index (Phi) is 6.60. The summed E-state index contributed by atoms with van der Waals surface area (Å²) in [4.78, 5) is 24.6. The van der Waals surface area contributed by atoms with E-state index in [0.717, 1.165) is 18.5 Å². The lowest BCUT2D eigenvalue weighted by Gasteiger charge is -2.21. The number of nitrogens with one attached hydrogen (secondary N) is 1. The maximum Gasteiger partial charge on any atom is 0.237 e. The van der Waals surface area contributed by atoms with Crippen LogP contribution >= 0.6 is 0 Å². The number of benzene rings is 1. The molecule has 0 saturated heterocycles. The van der Waals surface area contributed by atoms with Gasteiger partial charge in [0.05, 0.1) is 6.54 Å². The van der Waals surface area contributed by atoms with E-state index in [9.17, 15) is 9.59 Å². The molecule has 1 aromatic carbocycles. The minimum absolute atomic E-state index is 0.0344. The summed E-state index contributed by atoms with van der Waals surface area (Å²) in [6.07, 6.45) is 1.17. The first-order valence-corrected chi connectivity index (χ1v) is 6.38. The lowest BCUT2D eigenvalue weighted by molar-refractivity contribution is -0.135. The molecule has 2 amide bonds. The zero-order chi connectivity index (χ0) is 14.1. The highest BCUT2D eigenvalue weighted by molar-refractivity contribution is 5.83. The average molecular weight is 263 g/mol. The van der Waals surface area contributed by atoms with Crippen LogP contribution in [-0.4, -0.2) is 36.9 Å². The second kappa shape index (κ2) is 8.26. The first-order chi connectivity index (χ1) is 9.13. The van der Waals surface area contributed by atoms with E-state index < -0.39 is 5.91 Å². The highest BCUT2D eigenvalue weighted by atomic mass is 16.2. The molecule has 0 fully saturated rings. The van der Waals surface area contributed by atoms with Gasteiger partial charge in [-0.15, -0.1) is 0 Å². The number of carbonyl (C=O) groups is 2. The van der Waals surface area contributed by atoms with Crippen molar-refractivity contribution < 1.29 is 9.59 Å². The van der Waals surface area contributed by atoms with Gasteiger partial charge in [0.2, 0.25) is 11.8 Å². The van der Waals surface area contributed by atoms with Gasteiger partial charge in [-0.3, -0.25) is 9.59 Å². The molecule has 5 nitrogen and oxygen atoms in total. The molecule has 19 heavy (non-hydrogen) atoms. The van der Waals surface area contributed by atoms with Crippen LogP contribution in [-0.2, 0) is 16.1 Å². The number of primary amides is 1. The smallest absolute Gasteiger partial charge is 0.237 e. The standard InChI is InChI=1S/C14H21N3O2/c1-16-9-5-8-14(19)17(11-13(15)18)10-12-6-3-2-4-7-12/h2-4,6-7,16H,5,8-11H2,1H3,(H2,15,18). The zero-order valence-electron chi connectivity index (χ0n) is 11.3. The lowest BCUT2D eigenvalue weighted by Crippen LogP contribution is -2.38. The maximum absolute atomic E-state index is 12.0. The second-order valence-corrected chi connectivity index (χ2v) is 4.41. The number of hydrogen-bond acceptors (Lipinski definition) is 3. The van der Waals surface area contributed by atoms with Gasteiger partial charge in [0.15, 0.2) is 0 Å². The van der Waals surface area contributed by atoms with Crippen LogP contribution in [0.15, 0.2) is 30.3 Å². The van der Waals surface area contributed by atoms with E-state index in [2.05, 4.69) is 5.32 Å². The van der Waals surface area contributed by atoms with Crippen LogP contribution in [0, 0.1) is 0 Å². The molecule has 0 aliphatic carbocycles. The fourth-order valence-electron chi connectivity index (χ4n) is 1.80. The molecule has 0 atom stereocenters. The Morgan fingerprint density at radius 3 is 2.53 bits per heavy atom. The fraction of sp³-hybridized carbons (Fsp3) is 0.429. The van der Waals surface area contributed by atoms with E-state index in [1.165, 1.54) is 4.90 Å². The quantitative estimate of drug-likeness (QED) is 0.671. The lowest BCUT2D eigenvalue weighted by atomic mass is 10.2. The first kappa shape index (κ1) is 15.2. The molecule has 1 aromatic rings. The molecular formula is C14H21N3O2. The van der Waals surface area contributed by atoms with Crippen LogP contribution in [0.1, 0.15) is 18.4 Å². The molecule has 0 radical (unpaired) electrons. The summed E-state index contributed by atoms with van der Waals surface area (Å²) in [5, 5.41) is 2.99. The highest BCUT2D eigenvalue weighted by Gasteiger charge is 2.15. The topological polar surface area (TPSA) is 75.4 Å². The second-order valence-electron chi connectivity index (χ2n) is 4.41. The average Bonchev–Trinajstić information content (AvgIpc) is 2.39. The van der Waals surface area contributed by atoms with Gasteiger partial charge >= 0.3 is 0 Å². The molecule has 0 spiro atoms. The SMILES string of the molecule is CNCCCC(=O)N(CC(N)=O)Cc1ccccc1. The predicted octanol–water partition coefficient (Wildman–Crippen LogP) is 0.500. The van der Waals surface area contributed by atoms with Crippen molar-refractivity contribution in [3.05, 3.63) is 35.9 Å². The van der Waals surface area contributed by atoms with Crippen LogP contribution in [0.4, 0.5) is 0 Å². The van der Waals surface area contributed by atoms with E-state index in [4.69, 9.17) is 5.73 Å². The Balaban J connectivity index is 2.60. The molecule has 0 bridgehead atoms. The van der Waals surface area contributed by atoms with Crippen molar-refractivity contribution in [3.63, 3.8) is 0 Å². The van der Waals surface area contributed by atoms with Gasteiger partial charge in [0, 0.05) is 13.0 Å². The van der Waals surface area contributed by atoms with E-state index in [1.54, 1.807) is 0 Å². The molecule has 0 aromatic heterocycles. The van der Waals surface area contributed by atoms with Crippen LogP contribution in [0.2, 0.25) is 0 Å². The Bertz CT molecular complexity index is 406. The number of amides is 2. The van der Waals surface area contributed by atoms with Gasteiger partial charge in [-0.05, 0) is 25.6 Å². The third-order valence-corrected chi connectivity index (χ3v) is 2.73. The van der Waals surface area contributed by atoms with Crippen molar-refractivity contribution in [1.29, 1.82) is 0 Å². The summed E-state index contributed by atoms with van der Waals surface area (Å²) < 4.78 is 0. The maximum atomic E-state index is 12.0. The Hall–Kier alpha value is -1.88. The number of hydrogen-bond donors (Lipinski definition) is 2. The summed E-state index contributed by atoms with van der Waals surface area (Å²) in [5.74, 6) is -0.532. The highest BCUT2D eigenvalue weighted by Crippen LogP contribution is 2.06. The Morgan fingerprint density at radius 2 is 1.95 bits per heavy atom. The molecule has 104 valence electrons. The summed E-state index contributed by atoms with van der Waals surface area (Å²) in [6.45, 7) is 1.16. The normalized spacial score (nSPS) is 10.2. The van der Waals surface area contributed by atoms with Crippen molar-refractivity contribution in [2.45, 2.75) is 19.4 Å². The van der Waals surface area contributed by atoms with Gasteiger partial charge in [0.1, 0.15) is 0 Å². The monoisotopic (exact) mass is 263 g/mol. The van der Waals surface area contributed by atoms with Crippen molar-refractivity contribution in [2.24, 2.45) is 5.73 Å². The van der Waals surface area contributed by atoms with Crippen molar-refractivity contribution in [1.82, 2.24) is 10.2 Å². The van der Waals surface area contributed by atoms with Crippen molar-refractivity contribution >= 4 is 11.8 Å². The minimum Gasteiger partial charge on any atom is -0.368 e. The molecule has 0 aliphatic rings. The summed E-state index contributed by atoms with van der Waals surface area (Å²) >= 11 is 0. The first-order valence-electron chi connectivity index (χ1n) is 6.38. The number of carbonyl (C=O) groups excluding carboxylic acids is 2.